The zero-order valence-corrected chi connectivity index (χ0v) is 6.42. The Morgan fingerprint density at radius 2 is 2.00 bits per heavy atom. The highest BCUT2D eigenvalue weighted by Gasteiger charge is 2.47. The molecule has 0 aromatic heterocycles. The third kappa shape index (κ3) is 1.45. The number of hydrogen-bond donors (Lipinski definition) is 5. The van der Waals surface area contributed by atoms with Gasteiger partial charge >= 0.3 is 0 Å². The molecule has 1 heterocycles. The lowest BCUT2D eigenvalue weighted by molar-refractivity contribution is -0.315. The molecule has 1 rings (SSSR count). The maximum Gasteiger partial charge on any atom is 0.207 e. The second-order valence-corrected chi connectivity index (χ2v) is 2.86. The molecule has 6 heteroatoms. The standard InChI is InChI=1S/C6H13NO5/c7-2-6(11)5(10)4(9)3(8)1-12-6/h3-5,8-11H,1-2,7H2/t3-,4+,5-,6-/m0/s1. The van der Waals surface area contributed by atoms with Gasteiger partial charge < -0.3 is 30.9 Å². The first-order valence-corrected chi connectivity index (χ1v) is 3.62. The van der Waals surface area contributed by atoms with Crippen LogP contribution in [0.15, 0.2) is 0 Å². The van der Waals surface area contributed by atoms with Gasteiger partial charge in [0.1, 0.15) is 18.3 Å². The summed E-state index contributed by atoms with van der Waals surface area (Å²) in [6.45, 7) is -0.579. The molecule has 0 aromatic rings. The second kappa shape index (κ2) is 3.25. The average molecular weight is 179 g/mol. The van der Waals surface area contributed by atoms with Crippen molar-refractivity contribution in [1.82, 2.24) is 0 Å². The molecular weight excluding hydrogens is 166 g/mol. The van der Waals surface area contributed by atoms with Gasteiger partial charge in [-0.3, -0.25) is 0 Å². The molecule has 0 aliphatic carbocycles. The second-order valence-electron chi connectivity index (χ2n) is 2.86. The normalized spacial score (nSPS) is 49.2. The van der Waals surface area contributed by atoms with E-state index in [2.05, 4.69) is 4.74 Å². The summed E-state index contributed by atoms with van der Waals surface area (Å²) in [4.78, 5) is 0. The molecule has 6 N–H and O–H groups in total. The minimum atomic E-state index is -1.95. The largest absolute Gasteiger partial charge is 0.388 e. The van der Waals surface area contributed by atoms with Crippen molar-refractivity contribution < 1.29 is 25.2 Å². The average Bonchev–Trinajstić information content (AvgIpc) is 2.09. The first kappa shape index (κ1) is 9.85. The highest BCUT2D eigenvalue weighted by molar-refractivity contribution is 4.91. The van der Waals surface area contributed by atoms with Gasteiger partial charge in [-0.1, -0.05) is 0 Å². The van der Waals surface area contributed by atoms with Crippen LogP contribution in [-0.4, -0.2) is 57.7 Å². The molecule has 12 heavy (non-hydrogen) atoms. The van der Waals surface area contributed by atoms with Crippen LogP contribution in [0.1, 0.15) is 0 Å². The summed E-state index contributed by atoms with van der Waals surface area (Å²) in [5.41, 5.74) is 5.11. The molecule has 0 radical (unpaired) electrons. The molecule has 0 spiro atoms. The Labute approximate surface area is 69.2 Å². The zero-order valence-electron chi connectivity index (χ0n) is 6.42. The molecule has 6 nitrogen and oxygen atoms in total. The minimum absolute atomic E-state index is 0.244. The maximum atomic E-state index is 9.37. The quantitative estimate of drug-likeness (QED) is 0.288. The lowest BCUT2D eigenvalue weighted by Crippen LogP contribution is -2.63. The molecule has 72 valence electrons. The van der Waals surface area contributed by atoms with Gasteiger partial charge in [0, 0.05) is 6.54 Å². The fourth-order valence-corrected chi connectivity index (χ4v) is 1.07. The van der Waals surface area contributed by atoms with E-state index < -0.39 is 24.1 Å². The third-order valence-electron chi connectivity index (χ3n) is 1.98. The van der Waals surface area contributed by atoms with Crippen LogP contribution in [0.25, 0.3) is 0 Å². The fourth-order valence-electron chi connectivity index (χ4n) is 1.07. The van der Waals surface area contributed by atoms with Crippen LogP contribution in [0.3, 0.4) is 0 Å². The molecule has 0 saturated carbocycles. The maximum absolute atomic E-state index is 9.37. The fraction of sp³-hybridized carbons (Fsp3) is 1.00. The molecule has 0 aromatic carbocycles. The number of ether oxygens (including phenoxy) is 1. The molecular formula is C6H13NO5. The molecule has 1 fully saturated rings. The summed E-state index contributed by atoms with van der Waals surface area (Å²) in [6.07, 6.45) is -4.19. The van der Waals surface area contributed by atoms with Crippen molar-refractivity contribution in [3.63, 3.8) is 0 Å². The Bertz CT molecular complexity index is 166. The van der Waals surface area contributed by atoms with Gasteiger partial charge in [-0.2, -0.15) is 0 Å². The number of nitrogens with two attached hydrogens (primary N) is 1. The van der Waals surface area contributed by atoms with Crippen LogP contribution < -0.4 is 5.73 Å². The Kier molecular flexibility index (Phi) is 2.67. The van der Waals surface area contributed by atoms with Crippen LogP contribution in [0, 0.1) is 0 Å². The van der Waals surface area contributed by atoms with Gasteiger partial charge in [0.15, 0.2) is 0 Å². The molecule has 4 atom stereocenters. The monoisotopic (exact) mass is 179 g/mol. The summed E-state index contributed by atoms with van der Waals surface area (Å²) in [5, 5.41) is 36.7. The van der Waals surface area contributed by atoms with Crippen molar-refractivity contribution >= 4 is 0 Å². The molecule has 0 amide bonds. The van der Waals surface area contributed by atoms with Crippen molar-refractivity contribution in [3.05, 3.63) is 0 Å². The third-order valence-corrected chi connectivity index (χ3v) is 1.98. The Morgan fingerprint density at radius 1 is 1.42 bits per heavy atom. The highest BCUT2D eigenvalue weighted by atomic mass is 16.6. The van der Waals surface area contributed by atoms with Crippen LogP contribution in [0.5, 0.6) is 0 Å². The van der Waals surface area contributed by atoms with Gasteiger partial charge in [-0.15, -0.1) is 0 Å². The van der Waals surface area contributed by atoms with Gasteiger partial charge in [0.25, 0.3) is 0 Å². The smallest absolute Gasteiger partial charge is 0.207 e. The molecule has 1 aliphatic heterocycles. The van der Waals surface area contributed by atoms with E-state index in [0.717, 1.165) is 0 Å². The van der Waals surface area contributed by atoms with E-state index in [0.29, 0.717) is 0 Å². The minimum Gasteiger partial charge on any atom is -0.388 e. The predicted molar refractivity (Wildman–Crippen MR) is 38.0 cm³/mol. The summed E-state index contributed by atoms with van der Waals surface area (Å²) in [7, 11) is 0. The van der Waals surface area contributed by atoms with E-state index in [1.54, 1.807) is 0 Å². The first-order valence-electron chi connectivity index (χ1n) is 3.62. The highest BCUT2D eigenvalue weighted by Crippen LogP contribution is 2.22. The summed E-state index contributed by atoms with van der Waals surface area (Å²) in [6, 6.07) is 0. The number of aliphatic hydroxyl groups is 4. The molecule has 1 aliphatic rings. The topological polar surface area (TPSA) is 116 Å². The van der Waals surface area contributed by atoms with Crippen molar-refractivity contribution in [2.75, 3.05) is 13.2 Å². The molecule has 0 bridgehead atoms. The first-order chi connectivity index (χ1) is 5.51. The molecule has 1 saturated heterocycles. The SMILES string of the molecule is NC[C@]1(O)OC[C@H](O)[C@@H](O)[C@@H]1O. The Hall–Kier alpha value is -0.240. The summed E-state index contributed by atoms with van der Waals surface area (Å²) >= 11 is 0. The van der Waals surface area contributed by atoms with E-state index in [1.807, 2.05) is 0 Å². The van der Waals surface area contributed by atoms with Crippen molar-refractivity contribution in [3.8, 4) is 0 Å². The summed E-state index contributed by atoms with van der Waals surface area (Å²) < 4.78 is 4.68. The number of hydrogen-bond acceptors (Lipinski definition) is 6. The van der Waals surface area contributed by atoms with E-state index in [4.69, 9.17) is 15.9 Å². The van der Waals surface area contributed by atoms with Gasteiger partial charge in [-0.25, -0.2) is 0 Å². The van der Waals surface area contributed by atoms with Crippen LogP contribution in [0.2, 0.25) is 0 Å². The van der Waals surface area contributed by atoms with E-state index in [1.165, 1.54) is 0 Å². The van der Waals surface area contributed by atoms with E-state index in [-0.39, 0.29) is 13.2 Å². The van der Waals surface area contributed by atoms with Crippen molar-refractivity contribution in [2.45, 2.75) is 24.1 Å². The Balaban J connectivity index is 2.71. The van der Waals surface area contributed by atoms with Crippen molar-refractivity contribution in [2.24, 2.45) is 5.73 Å². The molecule has 0 unspecified atom stereocenters. The summed E-state index contributed by atoms with van der Waals surface area (Å²) in [5.74, 6) is -1.95. The van der Waals surface area contributed by atoms with Gasteiger partial charge in [-0.05, 0) is 0 Å². The van der Waals surface area contributed by atoms with E-state index in [9.17, 15) is 10.2 Å². The van der Waals surface area contributed by atoms with Gasteiger partial charge in [0.05, 0.1) is 6.61 Å². The van der Waals surface area contributed by atoms with Crippen LogP contribution in [-0.2, 0) is 4.74 Å². The van der Waals surface area contributed by atoms with Gasteiger partial charge in [0.2, 0.25) is 5.79 Å². The Morgan fingerprint density at radius 3 is 2.50 bits per heavy atom. The number of rotatable bonds is 1. The zero-order chi connectivity index (χ0) is 9.35. The lowest BCUT2D eigenvalue weighted by atomic mass is 9.97. The predicted octanol–water partition coefficient (Wildman–Crippen LogP) is -3.25. The number of aliphatic hydroxyl groups excluding tert-OH is 3. The van der Waals surface area contributed by atoms with Crippen molar-refractivity contribution in [1.29, 1.82) is 0 Å². The van der Waals surface area contributed by atoms with Crippen LogP contribution >= 0.6 is 0 Å². The lowest BCUT2D eigenvalue weighted by Gasteiger charge is -2.40. The van der Waals surface area contributed by atoms with Crippen LogP contribution in [0.4, 0.5) is 0 Å². The van der Waals surface area contributed by atoms with E-state index >= 15 is 0 Å².